The van der Waals surface area contributed by atoms with Crippen molar-refractivity contribution in [2.45, 2.75) is 57.4 Å². The van der Waals surface area contributed by atoms with Gasteiger partial charge in [0.05, 0.1) is 0 Å². The second kappa shape index (κ2) is 4.58. The van der Waals surface area contributed by atoms with Gasteiger partial charge >= 0.3 is 0 Å². The first-order valence-electron chi connectivity index (χ1n) is 5.75. The maximum absolute atomic E-state index is 5.90. The van der Waals surface area contributed by atoms with E-state index in [1.807, 2.05) is 0 Å². The van der Waals surface area contributed by atoms with E-state index in [1.165, 1.54) is 22.9 Å². The zero-order valence-corrected chi connectivity index (χ0v) is 10.3. The van der Waals surface area contributed by atoms with Crippen LogP contribution in [0.15, 0.2) is 0 Å². The number of rotatable bonds is 2. The topological polar surface area (TPSA) is 51.8 Å². The molecule has 1 aromatic rings. The lowest BCUT2D eigenvalue weighted by Crippen LogP contribution is -2.25. The number of aromatic nitrogens is 2. The molecule has 1 saturated carbocycles. The quantitative estimate of drug-likeness (QED) is 0.842. The third kappa shape index (κ3) is 2.55. The van der Waals surface area contributed by atoms with Crippen molar-refractivity contribution in [1.82, 2.24) is 10.2 Å². The first-order chi connectivity index (χ1) is 7.16. The SMILES string of the molecule is CC(C)c1nnc(C2CCC(N)CC2)s1. The average Bonchev–Trinajstić information content (AvgIpc) is 2.68. The molecule has 0 atom stereocenters. The van der Waals surface area contributed by atoms with Crippen molar-refractivity contribution in [2.24, 2.45) is 5.73 Å². The van der Waals surface area contributed by atoms with E-state index in [2.05, 4.69) is 24.0 Å². The molecule has 1 heterocycles. The molecule has 0 bridgehead atoms. The molecule has 2 N–H and O–H groups in total. The van der Waals surface area contributed by atoms with E-state index in [-0.39, 0.29) is 0 Å². The Morgan fingerprint density at radius 2 is 1.87 bits per heavy atom. The van der Waals surface area contributed by atoms with Crippen LogP contribution in [0, 0.1) is 0 Å². The van der Waals surface area contributed by atoms with Crippen LogP contribution < -0.4 is 5.73 Å². The van der Waals surface area contributed by atoms with Crippen LogP contribution in [0.25, 0.3) is 0 Å². The molecule has 4 heteroatoms. The summed E-state index contributed by atoms with van der Waals surface area (Å²) in [5.41, 5.74) is 5.90. The highest BCUT2D eigenvalue weighted by Crippen LogP contribution is 2.34. The Balaban J connectivity index is 2.03. The molecule has 0 aliphatic heterocycles. The Kier molecular flexibility index (Phi) is 3.36. The number of hydrogen-bond donors (Lipinski definition) is 1. The van der Waals surface area contributed by atoms with E-state index >= 15 is 0 Å². The molecule has 84 valence electrons. The minimum atomic E-state index is 0.416. The Morgan fingerprint density at radius 3 is 2.40 bits per heavy atom. The van der Waals surface area contributed by atoms with E-state index in [1.54, 1.807) is 11.3 Å². The van der Waals surface area contributed by atoms with E-state index in [0.717, 1.165) is 12.8 Å². The maximum atomic E-state index is 5.90. The number of nitrogens with zero attached hydrogens (tertiary/aromatic N) is 2. The Bertz CT molecular complexity index is 313. The summed E-state index contributed by atoms with van der Waals surface area (Å²) in [6.07, 6.45) is 4.66. The van der Waals surface area contributed by atoms with Gasteiger partial charge < -0.3 is 5.73 Å². The molecule has 1 fully saturated rings. The van der Waals surface area contributed by atoms with E-state index in [4.69, 9.17) is 5.73 Å². The fraction of sp³-hybridized carbons (Fsp3) is 0.818. The van der Waals surface area contributed by atoms with Crippen LogP contribution in [-0.2, 0) is 0 Å². The second-order valence-electron chi connectivity index (χ2n) is 4.74. The van der Waals surface area contributed by atoms with E-state index in [0.29, 0.717) is 17.9 Å². The molecule has 15 heavy (non-hydrogen) atoms. The summed E-state index contributed by atoms with van der Waals surface area (Å²) >= 11 is 1.79. The van der Waals surface area contributed by atoms with Crippen molar-refractivity contribution < 1.29 is 0 Å². The standard InChI is InChI=1S/C11H19N3S/c1-7(2)10-13-14-11(15-10)8-3-5-9(12)6-4-8/h7-9H,3-6,12H2,1-2H3. The summed E-state index contributed by atoms with van der Waals surface area (Å²) in [7, 11) is 0. The smallest absolute Gasteiger partial charge is 0.120 e. The molecule has 1 aromatic heterocycles. The highest BCUT2D eigenvalue weighted by molar-refractivity contribution is 7.11. The molecular weight excluding hydrogens is 206 g/mol. The van der Waals surface area contributed by atoms with Gasteiger partial charge in [-0.15, -0.1) is 21.5 Å². The summed E-state index contributed by atoms with van der Waals surface area (Å²) in [6.45, 7) is 4.34. The average molecular weight is 225 g/mol. The third-order valence-electron chi connectivity index (χ3n) is 3.07. The molecule has 0 amide bonds. The minimum absolute atomic E-state index is 0.416. The van der Waals surface area contributed by atoms with Crippen LogP contribution in [0.2, 0.25) is 0 Å². The van der Waals surface area contributed by atoms with Gasteiger partial charge in [-0.1, -0.05) is 13.8 Å². The third-order valence-corrected chi connectivity index (χ3v) is 4.46. The van der Waals surface area contributed by atoms with Gasteiger partial charge in [-0.25, -0.2) is 0 Å². The predicted molar refractivity (Wildman–Crippen MR) is 63.2 cm³/mol. The van der Waals surface area contributed by atoms with Gasteiger partial charge in [-0.3, -0.25) is 0 Å². The van der Waals surface area contributed by atoms with Crippen molar-refractivity contribution in [1.29, 1.82) is 0 Å². The summed E-state index contributed by atoms with van der Waals surface area (Å²) in [4.78, 5) is 0. The lowest BCUT2D eigenvalue weighted by atomic mass is 9.87. The van der Waals surface area contributed by atoms with Gasteiger partial charge in [0.1, 0.15) is 10.0 Å². The van der Waals surface area contributed by atoms with Gasteiger partial charge in [0.2, 0.25) is 0 Å². The van der Waals surface area contributed by atoms with Crippen molar-refractivity contribution in [3.8, 4) is 0 Å². The Hall–Kier alpha value is -0.480. The maximum Gasteiger partial charge on any atom is 0.120 e. The first-order valence-corrected chi connectivity index (χ1v) is 6.57. The molecule has 3 nitrogen and oxygen atoms in total. The van der Waals surface area contributed by atoms with E-state index in [9.17, 15) is 0 Å². The Labute approximate surface area is 95.1 Å². The van der Waals surface area contributed by atoms with Crippen LogP contribution in [0.3, 0.4) is 0 Å². The van der Waals surface area contributed by atoms with Crippen LogP contribution in [0.1, 0.15) is 61.4 Å². The van der Waals surface area contributed by atoms with Crippen LogP contribution in [0.4, 0.5) is 0 Å². The molecule has 0 saturated heterocycles. The summed E-state index contributed by atoms with van der Waals surface area (Å²) in [5, 5.41) is 11.0. The highest BCUT2D eigenvalue weighted by Gasteiger charge is 2.23. The van der Waals surface area contributed by atoms with Crippen molar-refractivity contribution in [3.05, 3.63) is 10.0 Å². The highest BCUT2D eigenvalue weighted by atomic mass is 32.1. The molecule has 0 aromatic carbocycles. The zero-order chi connectivity index (χ0) is 10.8. The van der Waals surface area contributed by atoms with Gasteiger partial charge in [0, 0.05) is 17.9 Å². The molecular formula is C11H19N3S. The van der Waals surface area contributed by atoms with Crippen molar-refractivity contribution in [3.63, 3.8) is 0 Å². The molecule has 1 aliphatic carbocycles. The summed E-state index contributed by atoms with van der Waals surface area (Å²) in [6, 6.07) is 0.416. The van der Waals surface area contributed by atoms with Crippen molar-refractivity contribution in [2.75, 3.05) is 0 Å². The van der Waals surface area contributed by atoms with Gasteiger partial charge in [-0.05, 0) is 25.7 Å². The summed E-state index contributed by atoms with van der Waals surface area (Å²) < 4.78 is 0. The molecule has 1 aliphatic rings. The minimum Gasteiger partial charge on any atom is -0.328 e. The monoisotopic (exact) mass is 225 g/mol. The normalized spacial score (nSPS) is 27.2. The Morgan fingerprint density at radius 1 is 1.20 bits per heavy atom. The van der Waals surface area contributed by atoms with Crippen molar-refractivity contribution >= 4 is 11.3 Å². The zero-order valence-electron chi connectivity index (χ0n) is 9.44. The predicted octanol–water partition coefficient (Wildman–Crippen LogP) is 2.65. The fourth-order valence-electron chi connectivity index (χ4n) is 2.01. The fourth-order valence-corrected chi connectivity index (χ4v) is 3.03. The largest absolute Gasteiger partial charge is 0.328 e. The van der Waals surface area contributed by atoms with Crippen LogP contribution in [0.5, 0.6) is 0 Å². The number of nitrogens with two attached hydrogens (primary N) is 1. The molecule has 0 unspecified atom stereocenters. The van der Waals surface area contributed by atoms with Crippen LogP contribution >= 0.6 is 11.3 Å². The lowest BCUT2D eigenvalue weighted by Gasteiger charge is -2.23. The first kappa shape index (κ1) is 11.0. The van der Waals surface area contributed by atoms with E-state index < -0.39 is 0 Å². The van der Waals surface area contributed by atoms with Crippen LogP contribution in [-0.4, -0.2) is 16.2 Å². The van der Waals surface area contributed by atoms with Gasteiger partial charge in [0.15, 0.2) is 0 Å². The second-order valence-corrected chi connectivity index (χ2v) is 5.79. The summed E-state index contributed by atoms with van der Waals surface area (Å²) in [5.74, 6) is 1.12. The van der Waals surface area contributed by atoms with Gasteiger partial charge in [0.25, 0.3) is 0 Å². The molecule has 2 rings (SSSR count). The molecule has 0 radical (unpaired) electrons. The lowest BCUT2D eigenvalue weighted by molar-refractivity contribution is 0.393. The van der Waals surface area contributed by atoms with Gasteiger partial charge in [-0.2, -0.15) is 0 Å². The number of hydrogen-bond acceptors (Lipinski definition) is 4. The molecule has 0 spiro atoms.